The van der Waals surface area contributed by atoms with Gasteiger partial charge in [-0.05, 0) is 0 Å². The molecule has 0 unspecified atom stereocenters. The Morgan fingerprint density at radius 1 is 0.588 bits per heavy atom. The normalized spacial score (nSPS) is 8.47. The Morgan fingerprint density at radius 2 is 0.824 bits per heavy atom. The predicted octanol–water partition coefficient (Wildman–Crippen LogP) is -4.11. The van der Waals surface area contributed by atoms with Crippen molar-refractivity contribution in [2.75, 3.05) is 0 Å². The van der Waals surface area contributed by atoms with Gasteiger partial charge in [0.15, 0.2) is 0 Å². The van der Waals surface area contributed by atoms with Gasteiger partial charge in [0.2, 0.25) is 0 Å². The molecule has 0 radical (unpaired) electrons. The van der Waals surface area contributed by atoms with Crippen molar-refractivity contribution in [1.82, 2.24) is 0 Å². The van der Waals surface area contributed by atoms with Crippen molar-refractivity contribution in [3.8, 4) is 0 Å². The smallest absolute Gasteiger partial charge is 1.00 e. The van der Waals surface area contributed by atoms with Gasteiger partial charge in [-0.1, -0.05) is 0 Å². The van der Waals surface area contributed by atoms with Crippen molar-refractivity contribution < 1.29 is 64.8 Å². The molecule has 0 fully saturated rings. The average Bonchev–Trinajstić information content (AvgIpc) is 2.17. The second-order valence-corrected chi connectivity index (χ2v) is 7.24. The molecule has 0 rings (SSSR count). The molecule has 0 nitrogen and oxygen atoms in total. The van der Waals surface area contributed by atoms with Crippen LogP contribution >= 0.6 is 0 Å². The molecule has 0 atom stereocenters. The van der Waals surface area contributed by atoms with E-state index >= 15 is 0 Å². The van der Waals surface area contributed by atoms with Crippen LogP contribution < -0.4 is 50.9 Å². The quantitative estimate of drug-likeness (QED) is 0.289. The summed E-state index contributed by atoms with van der Waals surface area (Å²) >= 11 is 0.0453. The van der Waals surface area contributed by atoms with Crippen molar-refractivity contribution >= 4 is 23.1 Å². The summed E-state index contributed by atoms with van der Waals surface area (Å²) in [5.74, 6) is 0. The van der Waals surface area contributed by atoms with Crippen molar-refractivity contribution in [3.63, 3.8) is 0 Å². The van der Waals surface area contributed by atoms with Crippen LogP contribution in [0.3, 0.4) is 0 Å². The van der Waals surface area contributed by atoms with Gasteiger partial charge in [-0.25, -0.2) is 0 Å². The molecule has 5 heteroatoms. The molecule has 0 aromatic heterocycles. The van der Waals surface area contributed by atoms with Crippen LogP contribution in [0.4, 0.5) is 0 Å². The topological polar surface area (TPSA) is 0 Å². The zero-order valence-electron chi connectivity index (χ0n) is 11.6. The summed E-state index contributed by atoms with van der Waals surface area (Å²) < 4.78 is 0. The second kappa shape index (κ2) is 27.1. The van der Waals surface area contributed by atoms with Crippen LogP contribution in [-0.4, -0.2) is 23.1 Å². The van der Waals surface area contributed by atoms with Crippen molar-refractivity contribution in [3.05, 3.63) is 0 Å². The summed E-state index contributed by atoms with van der Waals surface area (Å²) in [6.45, 7) is 6.96. The van der Waals surface area contributed by atoms with Gasteiger partial charge in [0, 0.05) is 0 Å². The summed E-state index contributed by atoms with van der Waals surface area (Å²) in [7, 11) is 0. The minimum Gasteiger partial charge on any atom is -1.00 e. The third-order valence-electron chi connectivity index (χ3n) is 2.26. The van der Waals surface area contributed by atoms with Crippen LogP contribution in [0.1, 0.15) is 59.3 Å². The molecule has 0 bridgehead atoms. The van der Waals surface area contributed by atoms with Gasteiger partial charge in [-0.3, -0.25) is 0 Å². The molecule has 0 aromatic rings. The third kappa shape index (κ3) is 24.2. The maximum absolute atomic E-state index is 2.32. The number of rotatable bonds is 9. The van der Waals surface area contributed by atoms with E-state index in [0.717, 1.165) is 0 Å². The van der Waals surface area contributed by atoms with E-state index in [-0.39, 0.29) is 87.9 Å². The first-order chi connectivity index (χ1) is 6.35. The fraction of sp³-hybridized carbons (Fsp3) is 1.00. The fourth-order valence-electron chi connectivity index (χ4n) is 1.25. The van der Waals surface area contributed by atoms with Crippen LogP contribution in [0.2, 0.25) is 16.0 Å². The molecule has 0 aromatic carbocycles. The average molecular weight is 490 g/mol. The van der Waals surface area contributed by atoms with E-state index in [9.17, 15) is 0 Å². The Morgan fingerprint density at radius 3 is 1.00 bits per heavy atom. The van der Waals surface area contributed by atoms with Gasteiger partial charge in [0.25, 0.3) is 0 Å². The standard InChI is InChI=1S/3C4H9.3BrH.Mg.Mn/c3*1-3-4-2;;;;;/h3*1,3-4H2,2H3;3*1H;;/q;;;;;;+2;+1/p-3. The minimum absolute atomic E-state index is 0. The maximum atomic E-state index is 2.32. The molecule has 17 heavy (non-hydrogen) atoms. The van der Waals surface area contributed by atoms with Gasteiger partial charge in [-0.2, -0.15) is 0 Å². The first-order valence-corrected chi connectivity index (χ1v) is 8.43. The molecule has 0 saturated carbocycles. The molecule has 0 spiro atoms. The van der Waals surface area contributed by atoms with Crippen LogP contribution in [0.25, 0.3) is 0 Å². The summed E-state index contributed by atoms with van der Waals surface area (Å²) in [6.07, 6.45) is 8.65. The molecule has 0 aliphatic heterocycles. The number of hydrogen-bond acceptors (Lipinski definition) is 0. The molecule has 105 valence electrons. The van der Waals surface area contributed by atoms with E-state index in [1.165, 1.54) is 38.5 Å². The molecular weight excluding hydrogens is 463 g/mol. The van der Waals surface area contributed by atoms with E-state index in [2.05, 4.69) is 20.8 Å². The fourth-order valence-corrected chi connectivity index (χ4v) is 5.16. The van der Waals surface area contributed by atoms with E-state index in [1.54, 1.807) is 16.0 Å². The molecule has 0 saturated heterocycles. The Kier molecular flexibility index (Phi) is 50.9. The summed E-state index contributed by atoms with van der Waals surface area (Å²) in [6, 6.07) is 0. The third-order valence-corrected chi connectivity index (χ3v) is 6.02. The van der Waals surface area contributed by atoms with E-state index in [4.69, 9.17) is 0 Å². The zero-order valence-corrected chi connectivity index (χ0v) is 18.9. The maximum Gasteiger partial charge on any atom is 2.00 e. The SMILES string of the molecule is CCC[CH2][Mn+]([CH2]CCC)[CH2]CCC.[Br-].[Br-].[Br-].[Mg+2]. The molecular formula is C12H27Br3MgMn. The Hall–Kier alpha value is 2.73. The van der Waals surface area contributed by atoms with Crippen LogP contribution in [0.5, 0.6) is 0 Å². The Bertz CT molecular complexity index is 88.7. The Labute approximate surface area is 161 Å². The molecule has 0 aliphatic carbocycles. The number of unbranched alkanes of at least 4 members (excludes halogenated alkanes) is 3. The summed E-state index contributed by atoms with van der Waals surface area (Å²) in [4.78, 5) is 0. The number of halogens is 3. The first kappa shape index (κ1) is 31.9. The van der Waals surface area contributed by atoms with Crippen molar-refractivity contribution in [2.45, 2.75) is 75.3 Å². The van der Waals surface area contributed by atoms with Crippen molar-refractivity contribution in [2.24, 2.45) is 0 Å². The first-order valence-electron chi connectivity index (χ1n) is 5.92. The minimum atomic E-state index is 0. The van der Waals surface area contributed by atoms with E-state index < -0.39 is 0 Å². The van der Waals surface area contributed by atoms with Gasteiger partial charge in [-0.15, -0.1) is 0 Å². The van der Waals surface area contributed by atoms with E-state index in [1.807, 2.05) is 0 Å². The van der Waals surface area contributed by atoms with Gasteiger partial charge in [0.05, 0.1) is 0 Å². The summed E-state index contributed by atoms with van der Waals surface area (Å²) in [5, 5.41) is 4.76. The van der Waals surface area contributed by atoms with Crippen LogP contribution in [-0.2, 0) is 13.9 Å². The molecule has 0 heterocycles. The van der Waals surface area contributed by atoms with Crippen LogP contribution in [0, 0.1) is 0 Å². The monoisotopic (exact) mass is 487 g/mol. The summed E-state index contributed by atoms with van der Waals surface area (Å²) in [5.41, 5.74) is 0. The van der Waals surface area contributed by atoms with Crippen LogP contribution in [0.15, 0.2) is 0 Å². The largest absolute Gasteiger partial charge is 2.00 e. The molecule has 0 aliphatic rings. The second-order valence-electron chi connectivity index (χ2n) is 3.69. The number of hydrogen-bond donors (Lipinski definition) is 0. The van der Waals surface area contributed by atoms with Gasteiger partial charge in [0.1, 0.15) is 0 Å². The zero-order chi connectivity index (χ0) is 9.94. The van der Waals surface area contributed by atoms with E-state index in [0.29, 0.717) is 0 Å². The Balaban J connectivity index is -0.000000120. The van der Waals surface area contributed by atoms with Crippen molar-refractivity contribution in [1.29, 1.82) is 0 Å². The van der Waals surface area contributed by atoms with Gasteiger partial charge < -0.3 is 50.9 Å². The molecule has 0 amide bonds. The van der Waals surface area contributed by atoms with Gasteiger partial charge >= 0.3 is 112 Å². The predicted molar refractivity (Wildman–Crippen MR) is 64.9 cm³/mol. The molecule has 0 N–H and O–H groups in total.